The molecule has 1 aliphatic carbocycles. The minimum Gasteiger partial charge on any atom is -0.493 e. The van der Waals surface area contributed by atoms with Crippen molar-refractivity contribution in [1.29, 1.82) is 0 Å². The SMILES string of the molecule is CC(C)N=C1S/C(=C\c2ccc3c(c2)CCO3)C(=O)N1c1cccc2c1CCCC2. The summed E-state index contributed by atoms with van der Waals surface area (Å²) in [4.78, 5) is 20.9. The topological polar surface area (TPSA) is 41.9 Å². The molecule has 2 aliphatic heterocycles. The van der Waals surface area contributed by atoms with Crippen LogP contribution in [0.1, 0.15) is 48.9 Å². The minimum absolute atomic E-state index is 0.0233. The molecule has 2 aromatic rings. The van der Waals surface area contributed by atoms with Crippen molar-refractivity contribution in [1.82, 2.24) is 0 Å². The molecular formula is C25H26N2O2S. The third-order valence-corrected chi connectivity index (χ3v) is 6.78. The lowest BCUT2D eigenvalue weighted by Crippen LogP contribution is -2.31. The number of aliphatic imine (C=N–C) groups is 1. The van der Waals surface area contributed by atoms with Crippen molar-refractivity contribution in [3.63, 3.8) is 0 Å². The number of thioether (sulfide) groups is 1. The van der Waals surface area contributed by atoms with E-state index in [1.54, 1.807) is 0 Å². The van der Waals surface area contributed by atoms with Gasteiger partial charge in [0.2, 0.25) is 0 Å². The van der Waals surface area contributed by atoms with Crippen LogP contribution in [-0.2, 0) is 24.1 Å². The third-order valence-electron chi connectivity index (χ3n) is 5.80. The normalized spacial score (nSPS) is 20.8. The zero-order chi connectivity index (χ0) is 20.7. The summed E-state index contributed by atoms with van der Waals surface area (Å²) in [7, 11) is 0. The molecule has 0 N–H and O–H groups in total. The van der Waals surface area contributed by atoms with E-state index in [0.717, 1.165) is 52.9 Å². The summed E-state index contributed by atoms with van der Waals surface area (Å²) in [5.41, 5.74) is 5.94. The summed E-state index contributed by atoms with van der Waals surface area (Å²) >= 11 is 1.49. The average Bonchev–Trinajstić information content (AvgIpc) is 3.31. The molecule has 3 aliphatic rings. The van der Waals surface area contributed by atoms with E-state index < -0.39 is 0 Å². The minimum atomic E-state index is 0.0233. The predicted molar refractivity (Wildman–Crippen MR) is 124 cm³/mol. The number of amides is 1. The van der Waals surface area contributed by atoms with Crippen molar-refractivity contribution in [3.05, 3.63) is 63.6 Å². The van der Waals surface area contributed by atoms with Crippen LogP contribution in [0.25, 0.3) is 6.08 Å². The Morgan fingerprint density at radius 2 is 1.97 bits per heavy atom. The van der Waals surface area contributed by atoms with Crippen molar-refractivity contribution < 1.29 is 9.53 Å². The molecule has 0 unspecified atom stereocenters. The highest BCUT2D eigenvalue weighted by molar-refractivity contribution is 8.19. The van der Waals surface area contributed by atoms with Gasteiger partial charge in [0, 0.05) is 12.5 Å². The Kier molecular flexibility index (Phi) is 5.15. The number of carbonyl (C=O) groups is 1. The number of fused-ring (bicyclic) bond motifs is 2. The maximum absolute atomic E-state index is 13.6. The Balaban J connectivity index is 1.55. The van der Waals surface area contributed by atoms with Gasteiger partial charge in [-0.3, -0.25) is 14.7 Å². The van der Waals surface area contributed by atoms with Crippen LogP contribution < -0.4 is 9.64 Å². The fourth-order valence-electron chi connectivity index (χ4n) is 4.41. The molecule has 1 amide bonds. The Labute approximate surface area is 182 Å². The molecule has 0 saturated carbocycles. The zero-order valence-electron chi connectivity index (χ0n) is 17.5. The lowest BCUT2D eigenvalue weighted by Gasteiger charge is -2.24. The van der Waals surface area contributed by atoms with Crippen molar-refractivity contribution in [3.8, 4) is 5.75 Å². The van der Waals surface area contributed by atoms with Crippen LogP contribution in [0, 0.1) is 0 Å². The lowest BCUT2D eigenvalue weighted by atomic mass is 9.90. The molecule has 1 saturated heterocycles. The van der Waals surface area contributed by atoms with E-state index >= 15 is 0 Å². The first kappa shape index (κ1) is 19.4. The fraction of sp³-hybridized carbons (Fsp3) is 0.360. The Hall–Kier alpha value is -2.53. The second-order valence-electron chi connectivity index (χ2n) is 8.34. The van der Waals surface area contributed by atoms with E-state index in [4.69, 9.17) is 9.73 Å². The number of hydrogen-bond acceptors (Lipinski definition) is 4. The number of ether oxygens (including phenoxy) is 1. The van der Waals surface area contributed by atoms with Crippen LogP contribution in [0.4, 0.5) is 5.69 Å². The number of benzene rings is 2. The van der Waals surface area contributed by atoms with Gasteiger partial charge in [-0.2, -0.15) is 0 Å². The van der Waals surface area contributed by atoms with Gasteiger partial charge in [-0.15, -0.1) is 0 Å². The second-order valence-corrected chi connectivity index (χ2v) is 9.35. The van der Waals surface area contributed by atoms with Gasteiger partial charge in [0.15, 0.2) is 5.17 Å². The predicted octanol–water partition coefficient (Wildman–Crippen LogP) is 5.39. The Bertz CT molecular complexity index is 1070. The number of rotatable bonds is 3. The van der Waals surface area contributed by atoms with Gasteiger partial charge in [-0.25, -0.2) is 0 Å². The van der Waals surface area contributed by atoms with Gasteiger partial charge in [0.05, 0.1) is 17.2 Å². The highest BCUT2D eigenvalue weighted by Crippen LogP contribution is 2.40. The van der Waals surface area contributed by atoms with E-state index in [-0.39, 0.29) is 11.9 Å². The third kappa shape index (κ3) is 3.56. The fourth-order valence-corrected chi connectivity index (χ4v) is 5.52. The highest BCUT2D eigenvalue weighted by atomic mass is 32.2. The monoisotopic (exact) mass is 418 g/mol. The summed E-state index contributed by atoms with van der Waals surface area (Å²) in [5.74, 6) is 0.984. The van der Waals surface area contributed by atoms with Gasteiger partial charge < -0.3 is 4.74 Å². The lowest BCUT2D eigenvalue weighted by molar-refractivity contribution is -0.113. The molecule has 2 heterocycles. The molecule has 1 fully saturated rings. The molecule has 0 aromatic heterocycles. The molecular weight excluding hydrogens is 392 g/mol. The first-order valence-electron chi connectivity index (χ1n) is 10.8. The Morgan fingerprint density at radius 1 is 1.10 bits per heavy atom. The van der Waals surface area contributed by atoms with Gasteiger partial charge in [0.25, 0.3) is 5.91 Å². The summed E-state index contributed by atoms with van der Waals surface area (Å²) in [6, 6.07) is 12.6. The first-order valence-corrected chi connectivity index (χ1v) is 11.6. The number of aryl methyl sites for hydroxylation is 1. The van der Waals surface area contributed by atoms with E-state index in [0.29, 0.717) is 0 Å². The van der Waals surface area contributed by atoms with E-state index in [2.05, 4.69) is 38.1 Å². The zero-order valence-corrected chi connectivity index (χ0v) is 18.3. The van der Waals surface area contributed by atoms with Gasteiger partial charge in [-0.1, -0.05) is 18.2 Å². The van der Waals surface area contributed by atoms with E-state index in [9.17, 15) is 4.79 Å². The molecule has 2 aromatic carbocycles. The molecule has 0 atom stereocenters. The van der Waals surface area contributed by atoms with E-state index in [1.165, 1.54) is 41.3 Å². The van der Waals surface area contributed by atoms with Gasteiger partial charge >= 0.3 is 0 Å². The summed E-state index contributed by atoms with van der Waals surface area (Å²) in [6.07, 6.45) is 7.44. The number of amidine groups is 1. The smallest absolute Gasteiger partial charge is 0.271 e. The van der Waals surface area contributed by atoms with Crippen LogP contribution in [0.5, 0.6) is 5.75 Å². The number of nitrogens with zero attached hydrogens (tertiary/aromatic N) is 2. The number of anilines is 1. The summed E-state index contributed by atoms with van der Waals surface area (Å²) in [6.45, 7) is 4.85. The van der Waals surface area contributed by atoms with Crippen LogP contribution >= 0.6 is 11.8 Å². The molecule has 154 valence electrons. The second kappa shape index (κ2) is 7.95. The molecule has 5 rings (SSSR count). The van der Waals surface area contributed by atoms with Crippen molar-refractivity contribution in [2.75, 3.05) is 11.5 Å². The van der Waals surface area contributed by atoms with Crippen molar-refractivity contribution in [2.24, 2.45) is 4.99 Å². The quantitative estimate of drug-likeness (QED) is 0.628. The van der Waals surface area contributed by atoms with E-state index in [1.807, 2.05) is 23.1 Å². The summed E-state index contributed by atoms with van der Waals surface area (Å²) in [5, 5.41) is 0.782. The maximum Gasteiger partial charge on any atom is 0.271 e. The molecule has 5 heteroatoms. The van der Waals surface area contributed by atoms with Crippen LogP contribution in [0.15, 0.2) is 46.3 Å². The average molecular weight is 419 g/mol. The first-order chi connectivity index (χ1) is 14.6. The number of carbonyl (C=O) groups excluding carboxylic acids is 1. The standard InChI is InChI=1S/C25H26N2O2S/c1-16(2)26-25-27(21-9-5-7-18-6-3-4-8-20(18)21)24(28)23(30-25)15-17-10-11-22-19(14-17)12-13-29-22/h5,7,9-11,14-16H,3-4,6,8,12-13H2,1-2H3/b23-15-,26-25?. The summed E-state index contributed by atoms with van der Waals surface area (Å²) < 4.78 is 5.61. The molecule has 0 spiro atoms. The van der Waals surface area contributed by atoms with Gasteiger partial charge in [0.1, 0.15) is 5.75 Å². The van der Waals surface area contributed by atoms with Crippen molar-refractivity contribution >= 4 is 34.6 Å². The maximum atomic E-state index is 13.6. The van der Waals surface area contributed by atoms with Crippen LogP contribution in [0.2, 0.25) is 0 Å². The highest BCUT2D eigenvalue weighted by Gasteiger charge is 2.36. The molecule has 4 nitrogen and oxygen atoms in total. The molecule has 30 heavy (non-hydrogen) atoms. The number of hydrogen-bond donors (Lipinski definition) is 0. The molecule has 0 bridgehead atoms. The van der Waals surface area contributed by atoms with Crippen LogP contribution in [0.3, 0.4) is 0 Å². The van der Waals surface area contributed by atoms with Gasteiger partial charge in [-0.05, 0) is 97.8 Å². The largest absolute Gasteiger partial charge is 0.493 e. The van der Waals surface area contributed by atoms with Crippen molar-refractivity contribution in [2.45, 2.75) is 52.0 Å². The Morgan fingerprint density at radius 3 is 2.83 bits per heavy atom. The van der Waals surface area contributed by atoms with Crippen LogP contribution in [-0.4, -0.2) is 23.7 Å². The molecule has 0 radical (unpaired) electrons.